The smallest absolute Gasteiger partial charge is 0.217 e. The summed E-state index contributed by atoms with van der Waals surface area (Å²) in [4.78, 5) is 18.2. The predicted octanol–water partition coefficient (Wildman–Crippen LogP) is 1.56. The number of para-hydroxylation sites is 1. The molecule has 1 amide bonds. The van der Waals surface area contributed by atoms with Crippen molar-refractivity contribution in [2.75, 3.05) is 13.1 Å². The monoisotopic (exact) mass is 328 g/mol. The highest BCUT2D eigenvalue weighted by Gasteiger charge is 2.32. The van der Waals surface area contributed by atoms with Gasteiger partial charge in [-0.3, -0.25) is 9.69 Å². The van der Waals surface area contributed by atoms with Gasteiger partial charge in [-0.1, -0.05) is 18.2 Å². The predicted molar refractivity (Wildman–Crippen MR) is 91.3 cm³/mol. The van der Waals surface area contributed by atoms with Gasteiger partial charge in [0, 0.05) is 45.2 Å². The summed E-state index contributed by atoms with van der Waals surface area (Å²) < 4.78 is 8.06. The molecular weight excluding hydrogens is 304 g/mol. The number of imidazole rings is 1. The van der Waals surface area contributed by atoms with Gasteiger partial charge in [-0.25, -0.2) is 4.98 Å². The van der Waals surface area contributed by atoms with Crippen molar-refractivity contribution in [3.05, 3.63) is 48.5 Å². The molecule has 1 fully saturated rings. The van der Waals surface area contributed by atoms with Gasteiger partial charge in [-0.2, -0.15) is 0 Å². The maximum atomic E-state index is 11.5. The van der Waals surface area contributed by atoms with E-state index in [-0.39, 0.29) is 17.9 Å². The van der Waals surface area contributed by atoms with Crippen LogP contribution in [0.25, 0.3) is 0 Å². The molecule has 0 saturated carbocycles. The molecule has 1 aromatic carbocycles. The molecule has 6 heteroatoms. The second-order valence-corrected chi connectivity index (χ2v) is 6.45. The van der Waals surface area contributed by atoms with Crippen LogP contribution in [0.2, 0.25) is 0 Å². The number of hydrogen-bond acceptors (Lipinski definition) is 4. The van der Waals surface area contributed by atoms with Crippen molar-refractivity contribution in [1.29, 1.82) is 0 Å². The third-order valence-corrected chi connectivity index (χ3v) is 4.39. The van der Waals surface area contributed by atoms with Crippen molar-refractivity contribution in [1.82, 2.24) is 14.5 Å². The van der Waals surface area contributed by atoms with Crippen LogP contribution in [0.4, 0.5) is 0 Å². The van der Waals surface area contributed by atoms with E-state index in [1.54, 1.807) is 0 Å². The quantitative estimate of drug-likeness (QED) is 0.873. The standard InChI is InChI=1S/C18H24N4O2/c1-21-11-15(20-13-21)12-22-8-7-17(14(10-22)9-18(19)23)24-16-5-3-2-4-6-16/h2-6,11,13-14,17H,7-10,12H2,1H3,(H2,19,23)/t14-,17-/m1/s1. The fourth-order valence-electron chi connectivity index (χ4n) is 3.29. The van der Waals surface area contributed by atoms with E-state index in [1.807, 2.05) is 54.5 Å². The second kappa shape index (κ2) is 7.49. The van der Waals surface area contributed by atoms with Crippen molar-refractivity contribution < 1.29 is 9.53 Å². The van der Waals surface area contributed by atoms with Gasteiger partial charge in [-0.05, 0) is 18.6 Å². The number of likely N-dealkylation sites (tertiary alicyclic amines) is 1. The average molecular weight is 328 g/mol. The molecule has 6 nitrogen and oxygen atoms in total. The van der Waals surface area contributed by atoms with Crippen LogP contribution < -0.4 is 10.5 Å². The molecule has 0 unspecified atom stereocenters. The Balaban J connectivity index is 1.64. The van der Waals surface area contributed by atoms with Gasteiger partial charge in [-0.15, -0.1) is 0 Å². The lowest BCUT2D eigenvalue weighted by Crippen LogP contribution is -2.46. The van der Waals surface area contributed by atoms with Gasteiger partial charge < -0.3 is 15.0 Å². The minimum absolute atomic E-state index is 0.0138. The third-order valence-electron chi connectivity index (χ3n) is 4.39. The Hall–Kier alpha value is -2.34. The molecule has 2 aromatic rings. The van der Waals surface area contributed by atoms with Crippen LogP contribution in [0.3, 0.4) is 0 Å². The lowest BCUT2D eigenvalue weighted by atomic mass is 9.91. The number of primary amides is 1. The molecule has 0 bridgehead atoms. The highest BCUT2D eigenvalue weighted by atomic mass is 16.5. The second-order valence-electron chi connectivity index (χ2n) is 6.45. The van der Waals surface area contributed by atoms with E-state index in [9.17, 15) is 4.79 Å². The van der Waals surface area contributed by atoms with Gasteiger partial charge in [0.05, 0.1) is 12.0 Å². The van der Waals surface area contributed by atoms with Crippen LogP contribution in [-0.2, 0) is 18.4 Å². The maximum Gasteiger partial charge on any atom is 0.217 e. The Kier molecular flexibility index (Phi) is 5.15. The minimum Gasteiger partial charge on any atom is -0.490 e. The van der Waals surface area contributed by atoms with E-state index in [0.29, 0.717) is 6.42 Å². The third kappa shape index (κ3) is 4.35. The number of aryl methyl sites for hydroxylation is 1. The van der Waals surface area contributed by atoms with Crippen LogP contribution in [0.5, 0.6) is 5.75 Å². The first-order chi connectivity index (χ1) is 11.6. The molecule has 24 heavy (non-hydrogen) atoms. The number of piperidine rings is 1. The Morgan fingerprint density at radius 3 is 2.83 bits per heavy atom. The Morgan fingerprint density at radius 2 is 2.17 bits per heavy atom. The lowest BCUT2D eigenvalue weighted by Gasteiger charge is -2.37. The zero-order valence-corrected chi connectivity index (χ0v) is 14.0. The molecule has 128 valence electrons. The van der Waals surface area contributed by atoms with E-state index in [0.717, 1.165) is 37.5 Å². The topological polar surface area (TPSA) is 73.4 Å². The Labute approximate surface area is 142 Å². The summed E-state index contributed by atoms with van der Waals surface area (Å²) in [7, 11) is 1.96. The number of ether oxygens (including phenoxy) is 1. The van der Waals surface area contributed by atoms with Gasteiger partial charge in [0.25, 0.3) is 0 Å². The summed E-state index contributed by atoms with van der Waals surface area (Å²) in [5.41, 5.74) is 6.49. The number of nitrogens with zero attached hydrogens (tertiary/aromatic N) is 3. The van der Waals surface area contributed by atoms with Crippen molar-refractivity contribution in [3.8, 4) is 5.75 Å². The molecule has 0 spiro atoms. The number of rotatable bonds is 6. The molecule has 0 aliphatic carbocycles. The number of carbonyl (C=O) groups excluding carboxylic acids is 1. The van der Waals surface area contributed by atoms with Crippen LogP contribution >= 0.6 is 0 Å². The summed E-state index contributed by atoms with van der Waals surface area (Å²) in [6.45, 7) is 2.49. The fraction of sp³-hybridized carbons (Fsp3) is 0.444. The van der Waals surface area contributed by atoms with E-state index in [1.165, 1.54) is 0 Å². The first kappa shape index (κ1) is 16.5. The molecule has 0 radical (unpaired) electrons. The summed E-state index contributed by atoms with van der Waals surface area (Å²) in [6.07, 6.45) is 5.06. The molecule has 3 rings (SSSR count). The highest BCUT2D eigenvalue weighted by molar-refractivity contribution is 5.74. The number of aromatic nitrogens is 2. The number of nitrogens with two attached hydrogens (primary N) is 1. The number of hydrogen-bond donors (Lipinski definition) is 1. The van der Waals surface area contributed by atoms with Crippen molar-refractivity contribution >= 4 is 5.91 Å². The highest BCUT2D eigenvalue weighted by Crippen LogP contribution is 2.26. The zero-order valence-electron chi connectivity index (χ0n) is 14.0. The molecule has 1 aliphatic rings. The SMILES string of the molecule is Cn1cnc(CN2CC[C@@H](Oc3ccccc3)[C@H](CC(N)=O)C2)c1. The molecule has 1 saturated heterocycles. The average Bonchev–Trinajstić information content (AvgIpc) is 2.95. The number of benzene rings is 1. The van der Waals surface area contributed by atoms with Crippen LogP contribution in [0.1, 0.15) is 18.5 Å². The first-order valence-electron chi connectivity index (χ1n) is 8.29. The van der Waals surface area contributed by atoms with Gasteiger partial charge in [0.2, 0.25) is 5.91 Å². The fourth-order valence-corrected chi connectivity index (χ4v) is 3.29. The van der Waals surface area contributed by atoms with Crippen LogP contribution in [0.15, 0.2) is 42.9 Å². The first-order valence-corrected chi connectivity index (χ1v) is 8.29. The zero-order chi connectivity index (χ0) is 16.9. The lowest BCUT2D eigenvalue weighted by molar-refractivity contribution is -0.120. The molecule has 1 aromatic heterocycles. The molecule has 2 N–H and O–H groups in total. The maximum absolute atomic E-state index is 11.5. The van der Waals surface area contributed by atoms with Crippen molar-refractivity contribution in [3.63, 3.8) is 0 Å². The summed E-state index contributed by atoms with van der Waals surface area (Å²) in [5.74, 6) is 0.664. The van der Waals surface area contributed by atoms with E-state index in [2.05, 4.69) is 9.88 Å². The number of carbonyl (C=O) groups is 1. The van der Waals surface area contributed by atoms with Gasteiger partial charge in [0.15, 0.2) is 0 Å². The van der Waals surface area contributed by atoms with E-state index in [4.69, 9.17) is 10.5 Å². The van der Waals surface area contributed by atoms with Crippen molar-refractivity contribution in [2.24, 2.45) is 18.7 Å². The minimum atomic E-state index is -0.277. The van der Waals surface area contributed by atoms with E-state index < -0.39 is 0 Å². The normalized spacial score (nSPS) is 21.5. The molecule has 2 heterocycles. The Bertz CT molecular complexity index is 671. The molecule has 2 atom stereocenters. The van der Waals surface area contributed by atoms with Crippen LogP contribution in [-0.4, -0.2) is 39.6 Å². The largest absolute Gasteiger partial charge is 0.490 e. The molecule has 1 aliphatic heterocycles. The van der Waals surface area contributed by atoms with E-state index >= 15 is 0 Å². The summed E-state index contributed by atoms with van der Waals surface area (Å²) in [6, 6.07) is 9.76. The van der Waals surface area contributed by atoms with Crippen LogP contribution in [0, 0.1) is 5.92 Å². The Morgan fingerprint density at radius 1 is 1.38 bits per heavy atom. The summed E-state index contributed by atoms with van der Waals surface area (Å²) >= 11 is 0. The van der Waals surface area contributed by atoms with Gasteiger partial charge >= 0.3 is 0 Å². The number of amides is 1. The van der Waals surface area contributed by atoms with Crippen molar-refractivity contribution in [2.45, 2.75) is 25.5 Å². The summed E-state index contributed by atoms with van der Waals surface area (Å²) in [5, 5.41) is 0. The van der Waals surface area contributed by atoms with Gasteiger partial charge in [0.1, 0.15) is 11.9 Å². The molecular formula is C18H24N4O2.